The van der Waals surface area contributed by atoms with Gasteiger partial charge in [0.25, 0.3) is 11.6 Å². The number of alkyl halides is 1. The molecule has 0 aromatic heterocycles. The normalized spacial score (nSPS) is 15.4. The zero-order chi connectivity index (χ0) is 28.0. The van der Waals surface area contributed by atoms with Gasteiger partial charge in [-0.1, -0.05) is 11.6 Å². The Labute approximate surface area is 227 Å². The number of carbonyl (C=O) groups excluding carboxylic acids is 2. The van der Waals surface area contributed by atoms with E-state index in [0.717, 1.165) is 12.1 Å². The molecule has 0 spiro atoms. The van der Waals surface area contributed by atoms with Gasteiger partial charge in [-0.25, -0.2) is 9.38 Å². The Bertz CT molecular complexity index is 1310. The summed E-state index contributed by atoms with van der Waals surface area (Å²) in [6, 6.07) is 4.93. The lowest BCUT2D eigenvalue weighted by molar-refractivity contribution is -0.384. The summed E-state index contributed by atoms with van der Waals surface area (Å²) < 4.78 is 13.4. The molecule has 38 heavy (non-hydrogen) atoms. The lowest BCUT2D eigenvalue weighted by atomic mass is 10.0. The van der Waals surface area contributed by atoms with Gasteiger partial charge in [0.15, 0.2) is 5.96 Å². The Morgan fingerprint density at radius 1 is 1.29 bits per heavy atom. The van der Waals surface area contributed by atoms with E-state index in [1.807, 2.05) is 0 Å². The number of anilines is 1. The quantitative estimate of drug-likeness (QED) is 0.181. The number of aliphatic imine (C=N–C) groups is 1. The third-order valence-electron chi connectivity index (χ3n) is 5.15. The highest BCUT2D eigenvalue weighted by molar-refractivity contribution is 9.10. The molecule has 3 rings (SSSR count). The van der Waals surface area contributed by atoms with E-state index in [-0.39, 0.29) is 51.1 Å². The number of halogens is 3. The van der Waals surface area contributed by atoms with Gasteiger partial charge in [0.1, 0.15) is 11.9 Å². The van der Waals surface area contributed by atoms with Crippen molar-refractivity contribution in [2.24, 2.45) is 4.99 Å². The first-order chi connectivity index (χ1) is 17.9. The minimum Gasteiger partial charge on any atom is -0.506 e. The van der Waals surface area contributed by atoms with Gasteiger partial charge in [-0.3, -0.25) is 24.5 Å². The van der Waals surface area contributed by atoms with Crippen molar-refractivity contribution in [3.05, 3.63) is 61.1 Å². The molecule has 202 valence electrons. The molecule has 0 radical (unpaired) electrons. The number of nitrogens with one attached hydrogen (secondary N) is 4. The van der Waals surface area contributed by atoms with Gasteiger partial charge in [0, 0.05) is 34.0 Å². The minimum atomic E-state index is -1.27. The fourth-order valence-electron chi connectivity index (χ4n) is 3.43. The summed E-state index contributed by atoms with van der Waals surface area (Å²) in [5, 5.41) is 41.2. The number of benzene rings is 2. The van der Waals surface area contributed by atoms with Gasteiger partial charge in [-0.15, -0.1) is 0 Å². The van der Waals surface area contributed by atoms with Crippen LogP contribution in [-0.2, 0) is 9.59 Å². The van der Waals surface area contributed by atoms with E-state index in [1.54, 1.807) is 0 Å². The summed E-state index contributed by atoms with van der Waals surface area (Å²) in [7, 11) is 0. The number of carbonyl (C=O) groups is 3. The molecular weight excluding hydrogens is 595 g/mol. The molecule has 1 aliphatic rings. The number of nitro benzene ring substituents is 1. The molecular formula is C22H21BrClFN6O7. The van der Waals surface area contributed by atoms with Crippen LogP contribution in [0.15, 0.2) is 39.8 Å². The number of nitro groups is 1. The van der Waals surface area contributed by atoms with E-state index in [2.05, 4.69) is 42.2 Å². The average molecular weight is 616 g/mol. The van der Waals surface area contributed by atoms with Crippen LogP contribution < -0.4 is 21.3 Å². The van der Waals surface area contributed by atoms with Crippen molar-refractivity contribution in [3.8, 4) is 5.75 Å². The molecule has 0 saturated heterocycles. The number of amides is 2. The second-order valence-corrected chi connectivity index (χ2v) is 9.34. The molecule has 2 unspecified atom stereocenters. The maximum absolute atomic E-state index is 13.3. The van der Waals surface area contributed by atoms with Crippen LogP contribution in [0.5, 0.6) is 5.75 Å². The van der Waals surface area contributed by atoms with Gasteiger partial charge in [0.2, 0.25) is 5.91 Å². The molecule has 2 atom stereocenters. The van der Waals surface area contributed by atoms with E-state index in [9.17, 15) is 39.1 Å². The molecule has 2 aromatic carbocycles. The molecule has 1 aliphatic heterocycles. The van der Waals surface area contributed by atoms with Crippen molar-refractivity contribution in [3.63, 3.8) is 0 Å². The van der Waals surface area contributed by atoms with Crippen molar-refractivity contribution in [1.29, 1.82) is 0 Å². The predicted octanol–water partition coefficient (Wildman–Crippen LogP) is 2.49. The number of aromatic hydroxyl groups is 1. The van der Waals surface area contributed by atoms with Crippen molar-refractivity contribution in [2.45, 2.75) is 18.6 Å². The maximum atomic E-state index is 13.3. The predicted molar refractivity (Wildman–Crippen MR) is 138 cm³/mol. The lowest BCUT2D eigenvalue weighted by Crippen LogP contribution is -2.41. The highest BCUT2D eigenvalue weighted by atomic mass is 79.9. The summed E-state index contributed by atoms with van der Waals surface area (Å²) in [5.74, 6) is -3.06. The summed E-state index contributed by atoms with van der Waals surface area (Å²) >= 11 is 9.08. The molecule has 6 N–H and O–H groups in total. The molecule has 16 heteroatoms. The first-order valence-corrected chi connectivity index (χ1v) is 12.1. The van der Waals surface area contributed by atoms with Crippen LogP contribution in [0.2, 0.25) is 5.02 Å². The van der Waals surface area contributed by atoms with E-state index in [1.165, 1.54) is 18.2 Å². The van der Waals surface area contributed by atoms with Crippen molar-refractivity contribution in [1.82, 2.24) is 16.0 Å². The lowest BCUT2D eigenvalue weighted by Gasteiger charge is -2.20. The van der Waals surface area contributed by atoms with E-state index in [0.29, 0.717) is 0 Å². The Hall–Kier alpha value is -3.98. The number of phenols is 1. The van der Waals surface area contributed by atoms with E-state index < -0.39 is 53.6 Å². The van der Waals surface area contributed by atoms with E-state index >= 15 is 0 Å². The number of phenolic OH excluding ortho intramolecular Hbond substituents is 1. The number of rotatable bonds is 9. The van der Waals surface area contributed by atoms with Crippen molar-refractivity contribution >= 4 is 62.6 Å². The highest BCUT2D eigenvalue weighted by Crippen LogP contribution is 2.36. The van der Waals surface area contributed by atoms with Crippen molar-refractivity contribution in [2.75, 3.05) is 25.0 Å². The van der Waals surface area contributed by atoms with Gasteiger partial charge < -0.3 is 31.5 Å². The van der Waals surface area contributed by atoms with Crippen LogP contribution in [0.3, 0.4) is 0 Å². The summed E-state index contributed by atoms with van der Waals surface area (Å²) in [6.45, 7) is -0.718. The number of non-ortho nitro benzene ring substituents is 1. The number of aliphatic carboxylic acids is 1. The molecule has 2 aromatic rings. The number of carboxylic acids is 1. The van der Waals surface area contributed by atoms with E-state index in [4.69, 9.17) is 11.6 Å². The van der Waals surface area contributed by atoms with Gasteiger partial charge >= 0.3 is 5.97 Å². The molecule has 0 bridgehead atoms. The monoisotopic (exact) mass is 614 g/mol. The van der Waals surface area contributed by atoms with Crippen LogP contribution in [0, 0.1) is 10.1 Å². The van der Waals surface area contributed by atoms with Crippen LogP contribution in [0.25, 0.3) is 0 Å². The second kappa shape index (κ2) is 12.5. The Kier molecular flexibility index (Phi) is 9.41. The molecule has 0 aliphatic carbocycles. The van der Waals surface area contributed by atoms with Crippen LogP contribution >= 0.6 is 27.5 Å². The SMILES string of the molecule is O=C(O)CC(NC(=O)CNC(=O)c1cc(NC2=NCC(F)CN2)cc([N+](=O)[O-])c1)c1cc(Cl)cc(Br)c1O. The van der Waals surface area contributed by atoms with Crippen LogP contribution in [-0.4, -0.2) is 64.7 Å². The first kappa shape index (κ1) is 28.6. The van der Waals surface area contributed by atoms with Crippen LogP contribution in [0.1, 0.15) is 28.4 Å². The highest BCUT2D eigenvalue weighted by Gasteiger charge is 2.24. The topological polar surface area (TPSA) is 195 Å². The number of hydrogen-bond donors (Lipinski definition) is 6. The second-order valence-electron chi connectivity index (χ2n) is 8.04. The largest absolute Gasteiger partial charge is 0.506 e. The Morgan fingerprint density at radius 3 is 2.66 bits per heavy atom. The van der Waals surface area contributed by atoms with Crippen molar-refractivity contribution < 1.29 is 33.9 Å². The zero-order valence-corrected chi connectivity index (χ0v) is 21.7. The van der Waals surface area contributed by atoms with Crippen LogP contribution in [0.4, 0.5) is 15.8 Å². The third-order valence-corrected chi connectivity index (χ3v) is 5.97. The summed E-state index contributed by atoms with van der Waals surface area (Å²) in [6.07, 6.45) is -1.77. The molecule has 0 saturated carbocycles. The van der Waals surface area contributed by atoms with Gasteiger partial charge in [-0.05, 0) is 34.1 Å². The number of hydrogen-bond acceptors (Lipinski definition) is 9. The zero-order valence-electron chi connectivity index (χ0n) is 19.3. The standard InChI is InChI=1S/C22H21BrClFN6O7/c23-16-4-11(24)3-15(20(16)35)17(6-19(33)34)30-18(32)9-26-21(36)10-1-13(5-14(2-10)31(37)38)29-22-27-7-12(25)8-28-22/h1-5,12,17,35H,6-9H2,(H,26,36)(H,30,32)(H,33,34)(H2,27,28,29). The number of guanidine groups is 1. The Balaban J connectivity index is 1.72. The molecule has 0 fully saturated rings. The average Bonchev–Trinajstić information content (AvgIpc) is 2.85. The van der Waals surface area contributed by atoms with Gasteiger partial charge in [-0.2, -0.15) is 0 Å². The fourth-order valence-corrected chi connectivity index (χ4v) is 4.27. The fraction of sp³-hybridized carbons (Fsp3) is 0.273. The minimum absolute atomic E-state index is 0.00397. The first-order valence-electron chi connectivity index (χ1n) is 10.9. The summed E-state index contributed by atoms with van der Waals surface area (Å²) in [5.41, 5.74) is -0.416. The Morgan fingerprint density at radius 2 is 2.03 bits per heavy atom. The number of carboxylic acid groups (broad SMARTS) is 1. The molecule has 1 heterocycles. The maximum Gasteiger partial charge on any atom is 0.305 e. The summed E-state index contributed by atoms with van der Waals surface area (Å²) in [4.78, 5) is 51.1. The smallest absolute Gasteiger partial charge is 0.305 e. The molecule has 13 nitrogen and oxygen atoms in total. The number of nitrogens with zero attached hydrogens (tertiary/aromatic N) is 2. The third kappa shape index (κ3) is 7.76. The van der Waals surface area contributed by atoms with Gasteiger partial charge in [0.05, 0.1) is 41.5 Å². The molecule has 2 amide bonds.